The molecule has 1 aromatic heterocycles. The Kier molecular flexibility index (Phi) is 4.64. The lowest BCUT2D eigenvalue weighted by Gasteiger charge is -2.06. The molecule has 1 amide bonds. The van der Waals surface area contributed by atoms with Crippen molar-refractivity contribution in [1.82, 2.24) is 15.3 Å². The predicted molar refractivity (Wildman–Crippen MR) is 77.4 cm³/mol. The maximum Gasteiger partial charge on any atom is 0.254 e. The molecule has 2 aromatic rings. The molecule has 1 aromatic carbocycles. The van der Waals surface area contributed by atoms with Crippen molar-refractivity contribution in [2.24, 2.45) is 0 Å². The molecule has 7 heteroatoms. The van der Waals surface area contributed by atoms with Crippen molar-refractivity contribution in [1.29, 1.82) is 0 Å². The van der Waals surface area contributed by atoms with Gasteiger partial charge in [0.15, 0.2) is 9.84 Å². The topological polar surface area (TPSA) is 89.0 Å². The molecule has 0 radical (unpaired) electrons. The zero-order valence-electron chi connectivity index (χ0n) is 11.5. The van der Waals surface area contributed by atoms with E-state index in [0.717, 1.165) is 5.56 Å². The van der Waals surface area contributed by atoms with E-state index >= 15 is 0 Å². The van der Waals surface area contributed by atoms with Crippen LogP contribution in [-0.2, 0) is 16.4 Å². The summed E-state index contributed by atoms with van der Waals surface area (Å²) in [6, 6.07) is 6.46. The summed E-state index contributed by atoms with van der Waals surface area (Å²) in [6.45, 7) is 1.91. The molecule has 0 saturated heterocycles. The van der Waals surface area contributed by atoms with Gasteiger partial charge in [0.25, 0.3) is 5.91 Å². The van der Waals surface area contributed by atoms with Gasteiger partial charge < -0.3 is 5.32 Å². The van der Waals surface area contributed by atoms with Crippen LogP contribution in [0.4, 0.5) is 0 Å². The van der Waals surface area contributed by atoms with Gasteiger partial charge in [0.2, 0.25) is 0 Å². The van der Waals surface area contributed by atoms with Crippen molar-refractivity contribution in [3.8, 4) is 0 Å². The first kappa shape index (κ1) is 15.1. The summed E-state index contributed by atoms with van der Waals surface area (Å²) in [5.74, 6) is -0.210. The van der Waals surface area contributed by atoms with Crippen molar-refractivity contribution in [2.75, 3.05) is 5.75 Å². The van der Waals surface area contributed by atoms with Gasteiger partial charge in [-0.15, -0.1) is 0 Å². The number of rotatable bonds is 5. The highest BCUT2D eigenvalue weighted by Crippen LogP contribution is 2.12. The SMILES string of the molecule is CCS(=O)(=O)c1ccc(CNC(=O)c2cncnc2)cc1. The van der Waals surface area contributed by atoms with Crippen LogP contribution in [-0.4, -0.2) is 30.0 Å². The van der Waals surface area contributed by atoms with Crippen LogP contribution in [0.3, 0.4) is 0 Å². The maximum atomic E-state index is 11.8. The molecule has 2 rings (SSSR count). The number of carbonyl (C=O) groups is 1. The molecule has 1 heterocycles. The Hall–Kier alpha value is -2.28. The lowest BCUT2D eigenvalue weighted by molar-refractivity contribution is 0.0950. The molecule has 0 saturated carbocycles. The summed E-state index contributed by atoms with van der Waals surface area (Å²) >= 11 is 0. The van der Waals surface area contributed by atoms with Crippen LogP contribution in [0.1, 0.15) is 22.8 Å². The Morgan fingerprint density at radius 1 is 1.14 bits per heavy atom. The summed E-state index contributed by atoms with van der Waals surface area (Å²) in [5, 5.41) is 2.72. The molecule has 21 heavy (non-hydrogen) atoms. The molecule has 0 bridgehead atoms. The summed E-state index contributed by atoms with van der Waals surface area (Å²) in [4.78, 5) is 19.6. The summed E-state index contributed by atoms with van der Waals surface area (Å²) in [5.41, 5.74) is 1.19. The Balaban J connectivity index is 2.00. The number of carbonyl (C=O) groups excluding carboxylic acids is 1. The Bertz CT molecular complexity index is 713. The van der Waals surface area contributed by atoms with Crippen LogP contribution in [0.2, 0.25) is 0 Å². The van der Waals surface area contributed by atoms with Gasteiger partial charge in [-0.2, -0.15) is 0 Å². The van der Waals surface area contributed by atoms with E-state index in [-0.39, 0.29) is 16.6 Å². The zero-order chi connectivity index (χ0) is 15.3. The minimum absolute atomic E-state index is 0.0666. The first-order valence-corrected chi connectivity index (χ1v) is 8.03. The largest absolute Gasteiger partial charge is 0.348 e. The van der Waals surface area contributed by atoms with E-state index in [0.29, 0.717) is 12.1 Å². The van der Waals surface area contributed by atoms with Crippen LogP contribution in [0, 0.1) is 0 Å². The first-order chi connectivity index (χ1) is 10.0. The average Bonchev–Trinajstić information content (AvgIpc) is 2.54. The number of sulfone groups is 1. The van der Waals surface area contributed by atoms with E-state index in [2.05, 4.69) is 15.3 Å². The normalized spacial score (nSPS) is 11.1. The lowest BCUT2D eigenvalue weighted by atomic mass is 10.2. The summed E-state index contributed by atoms with van der Waals surface area (Å²) in [6.07, 6.45) is 4.21. The predicted octanol–water partition coefficient (Wildman–Crippen LogP) is 1.20. The van der Waals surface area contributed by atoms with Crippen molar-refractivity contribution < 1.29 is 13.2 Å². The number of nitrogens with zero attached hydrogens (tertiary/aromatic N) is 2. The standard InChI is InChI=1S/C14H15N3O3S/c1-2-21(19,20)13-5-3-11(4-6-13)7-17-14(18)12-8-15-10-16-9-12/h3-6,8-10H,2,7H2,1H3,(H,17,18). The van der Waals surface area contributed by atoms with E-state index in [1.54, 1.807) is 31.2 Å². The molecule has 110 valence electrons. The molecule has 0 spiro atoms. The number of benzene rings is 1. The molecule has 0 aliphatic rings. The van der Waals surface area contributed by atoms with Gasteiger partial charge in [0, 0.05) is 18.9 Å². The zero-order valence-corrected chi connectivity index (χ0v) is 12.3. The second-order valence-corrected chi connectivity index (χ2v) is 6.64. The summed E-state index contributed by atoms with van der Waals surface area (Å²) < 4.78 is 23.4. The Morgan fingerprint density at radius 3 is 2.33 bits per heavy atom. The fraction of sp³-hybridized carbons (Fsp3) is 0.214. The molecule has 0 unspecified atom stereocenters. The van der Waals surface area contributed by atoms with Crippen molar-refractivity contribution >= 4 is 15.7 Å². The molecular weight excluding hydrogens is 290 g/mol. The van der Waals surface area contributed by atoms with Crippen molar-refractivity contribution in [2.45, 2.75) is 18.4 Å². The van der Waals surface area contributed by atoms with Crippen LogP contribution >= 0.6 is 0 Å². The highest BCUT2D eigenvalue weighted by Gasteiger charge is 2.11. The monoisotopic (exact) mass is 305 g/mol. The molecule has 0 aliphatic heterocycles. The Morgan fingerprint density at radius 2 is 1.76 bits per heavy atom. The van der Waals surface area contributed by atoms with Gasteiger partial charge in [-0.05, 0) is 17.7 Å². The minimum atomic E-state index is -3.19. The molecule has 1 N–H and O–H groups in total. The van der Waals surface area contributed by atoms with Gasteiger partial charge in [-0.3, -0.25) is 4.79 Å². The quantitative estimate of drug-likeness (QED) is 0.896. The van der Waals surface area contributed by atoms with Gasteiger partial charge in [0.1, 0.15) is 6.33 Å². The molecule has 0 fully saturated rings. The fourth-order valence-corrected chi connectivity index (χ4v) is 2.57. The van der Waals surface area contributed by atoms with E-state index in [4.69, 9.17) is 0 Å². The first-order valence-electron chi connectivity index (χ1n) is 6.38. The highest BCUT2D eigenvalue weighted by atomic mass is 32.2. The van der Waals surface area contributed by atoms with Crippen molar-refractivity contribution in [3.05, 3.63) is 54.1 Å². The Labute approximate surface area is 123 Å². The highest BCUT2D eigenvalue weighted by molar-refractivity contribution is 7.91. The number of nitrogens with one attached hydrogen (secondary N) is 1. The minimum Gasteiger partial charge on any atom is -0.348 e. The number of aromatic nitrogens is 2. The number of hydrogen-bond acceptors (Lipinski definition) is 5. The molecular formula is C14H15N3O3S. The van der Waals surface area contributed by atoms with Gasteiger partial charge in [0.05, 0.1) is 16.2 Å². The average molecular weight is 305 g/mol. The number of hydrogen-bond donors (Lipinski definition) is 1. The van der Waals surface area contributed by atoms with Crippen LogP contribution in [0.5, 0.6) is 0 Å². The summed E-state index contributed by atoms with van der Waals surface area (Å²) in [7, 11) is -3.19. The van der Waals surface area contributed by atoms with Gasteiger partial charge in [-0.1, -0.05) is 19.1 Å². The molecule has 0 atom stereocenters. The third-order valence-corrected chi connectivity index (χ3v) is 4.69. The third kappa shape index (κ3) is 3.85. The van der Waals surface area contributed by atoms with Gasteiger partial charge >= 0.3 is 0 Å². The van der Waals surface area contributed by atoms with Crippen LogP contribution < -0.4 is 5.32 Å². The smallest absolute Gasteiger partial charge is 0.254 e. The lowest BCUT2D eigenvalue weighted by Crippen LogP contribution is -2.23. The van der Waals surface area contributed by atoms with E-state index in [1.807, 2.05) is 0 Å². The molecule has 6 nitrogen and oxygen atoms in total. The maximum absolute atomic E-state index is 11.8. The van der Waals surface area contributed by atoms with Crippen LogP contribution in [0.25, 0.3) is 0 Å². The van der Waals surface area contributed by atoms with Crippen LogP contribution in [0.15, 0.2) is 47.9 Å². The van der Waals surface area contributed by atoms with E-state index in [1.165, 1.54) is 18.7 Å². The second-order valence-electron chi connectivity index (χ2n) is 4.36. The van der Waals surface area contributed by atoms with E-state index in [9.17, 15) is 13.2 Å². The van der Waals surface area contributed by atoms with Crippen molar-refractivity contribution in [3.63, 3.8) is 0 Å². The third-order valence-electron chi connectivity index (χ3n) is 2.94. The molecule has 0 aliphatic carbocycles. The van der Waals surface area contributed by atoms with Gasteiger partial charge in [-0.25, -0.2) is 18.4 Å². The second kappa shape index (κ2) is 6.45. The van der Waals surface area contributed by atoms with E-state index < -0.39 is 9.84 Å². The number of amides is 1. The fourth-order valence-electron chi connectivity index (χ4n) is 1.68.